The molecule has 0 atom stereocenters. The topological polar surface area (TPSA) is 72.7 Å². The van der Waals surface area contributed by atoms with Crippen LogP contribution in [0, 0.1) is 10.1 Å². The van der Waals surface area contributed by atoms with Crippen LogP contribution < -0.4 is 0 Å². The molecule has 0 spiro atoms. The molecule has 0 aliphatic carbocycles. The van der Waals surface area contributed by atoms with E-state index >= 15 is 0 Å². The summed E-state index contributed by atoms with van der Waals surface area (Å²) in [6, 6.07) is 0. The number of hydrogen-bond acceptors (Lipinski definition) is 4. The second kappa shape index (κ2) is 6.73. The second-order valence-electron chi connectivity index (χ2n) is 1.95. The van der Waals surface area contributed by atoms with Crippen molar-refractivity contribution in [1.82, 2.24) is 4.90 Å². The van der Waals surface area contributed by atoms with Gasteiger partial charge in [0.05, 0.1) is 0 Å². The lowest BCUT2D eigenvalue weighted by molar-refractivity contribution is -0.729. The van der Waals surface area contributed by atoms with Crippen LogP contribution in [0.2, 0.25) is 0 Å². The third kappa shape index (κ3) is 5.48. The normalized spacial score (nSPS) is 9.38. The molecule has 0 aliphatic rings. The van der Waals surface area contributed by atoms with Gasteiger partial charge in [-0.05, 0) is 0 Å². The summed E-state index contributed by atoms with van der Waals surface area (Å²) >= 11 is 10.7. The van der Waals surface area contributed by atoms with Crippen molar-refractivity contribution in [3.8, 4) is 0 Å². The molecule has 0 radical (unpaired) electrons. The van der Waals surface area contributed by atoms with Crippen molar-refractivity contribution in [2.75, 3.05) is 24.8 Å². The van der Waals surface area contributed by atoms with Crippen LogP contribution in [0.25, 0.3) is 0 Å². The zero-order valence-corrected chi connectivity index (χ0v) is 8.12. The van der Waals surface area contributed by atoms with E-state index < -0.39 is 11.2 Å². The molecule has 0 unspecified atom stereocenters. The smallest absolute Gasteiger partial charge is 0.317 e. The first-order valence-corrected chi connectivity index (χ1v) is 4.42. The van der Waals surface area contributed by atoms with E-state index in [1.807, 2.05) is 0 Å². The first-order valence-electron chi connectivity index (χ1n) is 3.35. The van der Waals surface area contributed by atoms with Crippen LogP contribution in [0.4, 0.5) is 4.79 Å². The van der Waals surface area contributed by atoms with E-state index in [-0.39, 0.29) is 24.8 Å². The molecule has 0 aromatic rings. The van der Waals surface area contributed by atoms with Crippen LogP contribution >= 0.6 is 23.2 Å². The van der Waals surface area contributed by atoms with Crippen LogP contribution in [-0.2, 0) is 4.84 Å². The zero-order chi connectivity index (χ0) is 10.3. The third-order valence-corrected chi connectivity index (χ3v) is 1.46. The van der Waals surface area contributed by atoms with Crippen LogP contribution in [0.5, 0.6) is 0 Å². The van der Waals surface area contributed by atoms with Gasteiger partial charge in [0.15, 0.2) is 0 Å². The maximum atomic E-state index is 10.9. The highest BCUT2D eigenvalue weighted by atomic mass is 35.5. The minimum atomic E-state index is -1.17. The molecule has 76 valence electrons. The number of hydrogen-bond donors (Lipinski definition) is 0. The highest BCUT2D eigenvalue weighted by Crippen LogP contribution is 1.96. The molecule has 0 N–H and O–H groups in total. The quantitative estimate of drug-likeness (QED) is 0.403. The predicted octanol–water partition coefficient (Wildman–Crippen LogP) is 1.09. The van der Waals surface area contributed by atoms with Crippen molar-refractivity contribution in [2.45, 2.75) is 0 Å². The fourth-order valence-corrected chi connectivity index (χ4v) is 1.03. The first-order chi connectivity index (χ1) is 6.11. The highest BCUT2D eigenvalue weighted by molar-refractivity contribution is 6.18. The van der Waals surface area contributed by atoms with Crippen LogP contribution in [0.1, 0.15) is 0 Å². The fourth-order valence-electron chi connectivity index (χ4n) is 0.620. The molecular formula is C5H8Cl2N2O4. The Balaban J connectivity index is 4.02. The summed E-state index contributed by atoms with van der Waals surface area (Å²) in [7, 11) is 0. The Labute approximate surface area is 84.4 Å². The van der Waals surface area contributed by atoms with Crippen molar-refractivity contribution in [1.29, 1.82) is 0 Å². The maximum absolute atomic E-state index is 10.9. The average molecular weight is 231 g/mol. The number of alkyl halides is 2. The number of carbonyl (C=O) groups excluding carboxylic acids is 1. The monoisotopic (exact) mass is 230 g/mol. The van der Waals surface area contributed by atoms with Gasteiger partial charge in [0.2, 0.25) is 0 Å². The Kier molecular flexibility index (Phi) is 6.34. The summed E-state index contributed by atoms with van der Waals surface area (Å²) in [6.07, 6.45) is -1.05. The molecule has 0 aliphatic heterocycles. The minimum absolute atomic E-state index is 0.168. The Bertz CT molecular complexity index is 183. The maximum Gasteiger partial charge on any atom is 0.399 e. The number of halogens is 2. The SMILES string of the molecule is O=C(O[N+](=O)[O-])N(CCCl)CCCl. The minimum Gasteiger partial charge on any atom is -0.317 e. The lowest BCUT2D eigenvalue weighted by Crippen LogP contribution is -2.36. The lowest BCUT2D eigenvalue weighted by Gasteiger charge is -2.17. The van der Waals surface area contributed by atoms with E-state index in [1.54, 1.807) is 0 Å². The Hall–Kier alpha value is -0.750. The number of rotatable bonds is 5. The standard InChI is InChI=1S/C5H8Cl2N2O4/c6-1-3-8(4-2-7)5(10)13-9(11)12/h1-4H2. The van der Waals surface area contributed by atoms with Gasteiger partial charge < -0.3 is 4.90 Å². The molecule has 0 aromatic heterocycles. The van der Waals surface area contributed by atoms with Crippen molar-refractivity contribution in [2.24, 2.45) is 0 Å². The van der Waals surface area contributed by atoms with E-state index in [0.717, 1.165) is 4.90 Å². The van der Waals surface area contributed by atoms with Gasteiger partial charge in [0.25, 0.3) is 0 Å². The number of nitrogens with zero attached hydrogens (tertiary/aromatic N) is 2. The molecule has 6 nitrogen and oxygen atoms in total. The van der Waals surface area contributed by atoms with E-state index in [0.29, 0.717) is 0 Å². The average Bonchev–Trinajstić information content (AvgIpc) is 2.02. The number of amides is 1. The van der Waals surface area contributed by atoms with E-state index in [1.165, 1.54) is 0 Å². The van der Waals surface area contributed by atoms with Crippen LogP contribution in [0.3, 0.4) is 0 Å². The Morgan fingerprint density at radius 2 is 1.85 bits per heavy atom. The van der Waals surface area contributed by atoms with Gasteiger partial charge in [-0.15, -0.1) is 33.3 Å². The summed E-state index contributed by atoms with van der Waals surface area (Å²) in [4.78, 5) is 25.4. The molecular weight excluding hydrogens is 223 g/mol. The summed E-state index contributed by atoms with van der Waals surface area (Å²) in [5.74, 6) is 0.341. The second-order valence-corrected chi connectivity index (χ2v) is 2.70. The van der Waals surface area contributed by atoms with E-state index in [9.17, 15) is 14.9 Å². The predicted molar refractivity (Wildman–Crippen MR) is 46.5 cm³/mol. The molecule has 0 rings (SSSR count). The van der Waals surface area contributed by atoms with Gasteiger partial charge in [-0.2, -0.15) is 0 Å². The van der Waals surface area contributed by atoms with Crippen molar-refractivity contribution in [3.63, 3.8) is 0 Å². The Morgan fingerprint density at radius 3 is 2.15 bits per heavy atom. The fraction of sp³-hybridized carbons (Fsp3) is 0.800. The lowest BCUT2D eigenvalue weighted by atomic mass is 10.5. The van der Waals surface area contributed by atoms with Gasteiger partial charge in [0, 0.05) is 24.8 Å². The molecule has 0 aromatic carbocycles. The highest BCUT2D eigenvalue weighted by Gasteiger charge is 2.15. The van der Waals surface area contributed by atoms with Gasteiger partial charge >= 0.3 is 11.2 Å². The van der Waals surface area contributed by atoms with Crippen molar-refractivity contribution >= 4 is 29.3 Å². The summed E-state index contributed by atoms with van der Waals surface area (Å²) in [5, 5.41) is 8.62. The summed E-state index contributed by atoms with van der Waals surface area (Å²) in [6.45, 7) is 0.335. The third-order valence-electron chi connectivity index (χ3n) is 1.12. The largest absolute Gasteiger partial charge is 0.399 e. The number of carbonyl (C=O) groups is 1. The molecule has 13 heavy (non-hydrogen) atoms. The van der Waals surface area contributed by atoms with Gasteiger partial charge in [0.1, 0.15) is 0 Å². The van der Waals surface area contributed by atoms with Gasteiger partial charge in [-0.25, -0.2) is 9.63 Å². The molecule has 0 saturated carbocycles. The summed E-state index contributed by atoms with van der Waals surface area (Å²) in [5.41, 5.74) is 0. The molecule has 0 saturated heterocycles. The zero-order valence-electron chi connectivity index (χ0n) is 6.61. The first kappa shape index (κ1) is 12.2. The molecule has 1 amide bonds. The van der Waals surface area contributed by atoms with Crippen LogP contribution in [0.15, 0.2) is 0 Å². The van der Waals surface area contributed by atoms with E-state index in [2.05, 4.69) is 4.84 Å². The van der Waals surface area contributed by atoms with Gasteiger partial charge in [-0.3, -0.25) is 0 Å². The van der Waals surface area contributed by atoms with Gasteiger partial charge in [-0.1, -0.05) is 0 Å². The summed E-state index contributed by atoms with van der Waals surface area (Å²) < 4.78 is 0. The Morgan fingerprint density at radius 1 is 1.38 bits per heavy atom. The molecule has 0 fully saturated rings. The molecule has 0 bridgehead atoms. The molecule has 0 heterocycles. The van der Waals surface area contributed by atoms with E-state index in [4.69, 9.17) is 23.2 Å². The van der Waals surface area contributed by atoms with Crippen molar-refractivity contribution in [3.05, 3.63) is 10.1 Å². The molecule has 8 heteroatoms. The van der Waals surface area contributed by atoms with Crippen LogP contribution in [-0.4, -0.2) is 40.9 Å². The van der Waals surface area contributed by atoms with Crippen molar-refractivity contribution < 1.29 is 14.7 Å².